The average molecular weight is 307 g/mol. The first-order valence-corrected chi connectivity index (χ1v) is 7.28. The normalized spacial score (nSPS) is 10.5. The van der Waals surface area contributed by atoms with Gasteiger partial charge in [0, 0.05) is 11.3 Å². The molecule has 7 heteroatoms. The Morgan fingerprint density at radius 1 is 1.38 bits per heavy atom. The Balaban J connectivity index is 2.17. The largest absolute Gasteiger partial charge is 0.465 e. The molecule has 0 unspecified atom stereocenters. The number of carbonyl (C=O) groups excluding carboxylic acids is 2. The Hall–Kier alpha value is -2.15. The Bertz CT molecular complexity index is 668. The number of amides is 1. The number of aromatic amines is 1. The van der Waals surface area contributed by atoms with Crippen molar-refractivity contribution in [1.29, 1.82) is 0 Å². The van der Waals surface area contributed by atoms with Gasteiger partial charge < -0.3 is 10.1 Å². The van der Waals surface area contributed by atoms with Gasteiger partial charge in [-0.2, -0.15) is 5.10 Å². The Labute approximate surface area is 126 Å². The Morgan fingerprint density at radius 2 is 2.10 bits per heavy atom. The van der Waals surface area contributed by atoms with Crippen LogP contribution in [0.25, 0.3) is 0 Å². The number of thiophene rings is 1. The number of aryl methyl sites for hydroxylation is 3. The third-order valence-electron chi connectivity index (χ3n) is 3.23. The van der Waals surface area contributed by atoms with E-state index in [0.29, 0.717) is 10.6 Å². The molecule has 0 aliphatic rings. The van der Waals surface area contributed by atoms with Crippen molar-refractivity contribution in [3.8, 4) is 0 Å². The standard InChI is InChI=1S/C14H17N3O3S/c1-7-6-21-13(14(19)20-4)12(7)15-11(18)5-10-8(2)16-17-9(10)3/h6H,5H2,1-4H3,(H,15,18)(H,16,17). The summed E-state index contributed by atoms with van der Waals surface area (Å²) in [5.74, 6) is -0.631. The highest BCUT2D eigenvalue weighted by molar-refractivity contribution is 7.12. The van der Waals surface area contributed by atoms with Gasteiger partial charge in [-0.1, -0.05) is 0 Å². The van der Waals surface area contributed by atoms with Crippen LogP contribution in [0.5, 0.6) is 0 Å². The molecule has 2 aromatic heterocycles. The molecule has 0 radical (unpaired) electrons. The van der Waals surface area contributed by atoms with Crippen LogP contribution in [0.2, 0.25) is 0 Å². The molecule has 2 heterocycles. The Kier molecular flexibility index (Phi) is 4.42. The highest BCUT2D eigenvalue weighted by atomic mass is 32.1. The van der Waals surface area contributed by atoms with E-state index in [1.807, 2.05) is 26.2 Å². The number of hydrogen-bond acceptors (Lipinski definition) is 5. The molecule has 0 aliphatic heterocycles. The molecule has 21 heavy (non-hydrogen) atoms. The van der Waals surface area contributed by atoms with E-state index in [1.54, 1.807) is 0 Å². The molecule has 2 rings (SSSR count). The number of ether oxygens (including phenoxy) is 1. The summed E-state index contributed by atoms with van der Waals surface area (Å²) in [5.41, 5.74) is 3.92. The minimum absolute atomic E-state index is 0.186. The average Bonchev–Trinajstić information content (AvgIpc) is 2.96. The molecule has 0 fully saturated rings. The lowest BCUT2D eigenvalue weighted by Gasteiger charge is -2.07. The number of carbonyl (C=O) groups is 2. The first-order chi connectivity index (χ1) is 9.93. The van der Waals surface area contributed by atoms with Crippen molar-refractivity contribution in [3.05, 3.63) is 32.8 Å². The highest BCUT2D eigenvalue weighted by Crippen LogP contribution is 2.28. The van der Waals surface area contributed by atoms with Gasteiger partial charge in [-0.25, -0.2) is 4.79 Å². The van der Waals surface area contributed by atoms with Crippen molar-refractivity contribution in [2.24, 2.45) is 0 Å². The maximum Gasteiger partial charge on any atom is 0.350 e. The van der Waals surface area contributed by atoms with Crippen LogP contribution in [0.15, 0.2) is 5.38 Å². The molecule has 0 atom stereocenters. The van der Waals surface area contributed by atoms with Gasteiger partial charge in [-0.15, -0.1) is 11.3 Å². The third kappa shape index (κ3) is 3.13. The maximum atomic E-state index is 12.2. The zero-order valence-electron chi connectivity index (χ0n) is 12.4. The van der Waals surface area contributed by atoms with Gasteiger partial charge >= 0.3 is 5.97 Å². The number of anilines is 1. The van der Waals surface area contributed by atoms with Crippen molar-refractivity contribution in [2.45, 2.75) is 27.2 Å². The molecule has 0 aliphatic carbocycles. The molecular weight excluding hydrogens is 290 g/mol. The molecule has 0 aromatic carbocycles. The number of methoxy groups -OCH3 is 1. The summed E-state index contributed by atoms with van der Waals surface area (Å²) >= 11 is 1.26. The second-order valence-electron chi connectivity index (χ2n) is 4.75. The number of nitrogens with one attached hydrogen (secondary N) is 2. The van der Waals surface area contributed by atoms with Gasteiger partial charge in [0.15, 0.2) is 0 Å². The number of H-pyrrole nitrogens is 1. The van der Waals surface area contributed by atoms with Crippen LogP contribution in [0.1, 0.15) is 32.2 Å². The molecule has 0 saturated heterocycles. The fourth-order valence-electron chi connectivity index (χ4n) is 2.02. The summed E-state index contributed by atoms with van der Waals surface area (Å²) in [4.78, 5) is 24.3. The summed E-state index contributed by atoms with van der Waals surface area (Å²) in [6.07, 6.45) is 0.212. The van der Waals surface area contributed by atoms with Gasteiger partial charge in [0.2, 0.25) is 5.91 Å². The number of esters is 1. The highest BCUT2D eigenvalue weighted by Gasteiger charge is 2.19. The number of nitrogens with zero attached hydrogens (tertiary/aromatic N) is 1. The third-order valence-corrected chi connectivity index (χ3v) is 4.31. The summed E-state index contributed by atoms with van der Waals surface area (Å²) in [7, 11) is 1.32. The van der Waals surface area contributed by atoms with Crippen molar-refractivity contribution in [1.82, 2.24) is 10.2 Å². The lowest BCUT2D eigenvalue weighted by atomic mass is 10.1. The first kappa shape index (κ1) is 15.2. The smallest absolute Gasteiger partial charge is 0.350 e. The topological polar surface area (TPSA) is 84.1 Å². The van der Waals surface area contributed by atoms with Gasteiger partial charge in [-0.3, -0.25) is 9.89 Å². The molecule has 0 spiro atoms. The molecule has 2 N–H and O–H groups in total. The van der Waals surface area contributed by atoms with E-state index in [1.165, 1.54) is 18.4 Å². The van der Waals surface area contributed by atoms with E-state index in [-0.39, 0.29) is 12.3 Å². The zero-order valence-corrected chi connectivity index (χ0v) is 13.2. The molecule has 0 bridgehead atoms. The van der Waals surface area contributed by atoms with Crippen LogP contribution in [-0.2, 0) is 16.0 Å². The van der Waals surface area contributed by atoms with Crippen LogP contribution in [-0.4, -0.2) is 29.2 Å². The van der Waals surface area contributed by atoms with E-state index in [0.717, 1.165) is 22.5 Å². The number of hydrogen-bond donors (Lipinski definition) is 2. The lowest BCUT2D eigenvalue weighted by Crippen LogP contribution is -2.17. The van der Waals surface area contributed by atoms with Crippen LogP contribution >= 0.6 is 11.3 Å². The monoisotopic (exact) mass is 307 g/mol. The van der Waals surface area contributed by atoms with Crippen LogP contribution in [0, 0.1) is 20.8 Å². The summed E-state index contributed by atoms with van der Waals surface area (Å²) in [6.45, 7) is 5.56. The van der Waals surface area contributed by atoms with E-state index in [2.05, 4.69) is 15.5 Å². The predicted octanol–water partition coefficient (Wildman–Crippen LogP) is 2.36. The summed E-state index contributed by atoms with van der Waals surface area (Å²) in [6, 6.07) is 0. The van der Waals surface area contributed by atoms with E-state index in [9.17, 15) is 9.59 Å². The van der Waals surface area contributed by atoms with Crippen LogP contribution in [0.3, 0.4) is 0 Å². The van der Waals surface area contributed by atoms with Crippen molar-refractivity contribution in [3.63, 3.8) is 0 Å². The van der Waals surface area contributed by atoms with Crippen molar-refractivity contribution >= 4 is 28.9 Å². The summed E-state index contributed by atoms with van der Waals surface area (Å²) < 4.78 is 4.72. The fraction of sp³-hybridized carbons (Fsp3) is 0.357. The first-order valence-electron chi connectivity index (χ1n) is 6.40. The van der Waals surface area contributed by atoms with Gasteiger partial charge in [0.25, 0.3) is 0 Å². The van der Waals surface area contributed by atoms with Gasteiger partial charge in [0.1, 0.15) is 4.88 Å². The second-order valence-corrected chi connectivity index (χ2v) is 5.63. The van der Waals surface area contributed by atoms with Gasteiger partial charge in [-0.05, 0) is 31.7 Å². The fourth-order valence-corrected chi connectivity index (χ4v) is 2.94. The molecular formula is C14H17N3O3S. The van der Waals surface area contributed by atoms with Crippen molar-refractivity contribution in [2.75, 3.05) is 12.4 Å². The zero-order chi connectivity index (χ0) is 15.6. The molecule has 0 saturated carbocycles. The maximum absolute atomic E-state index is 12.2. The second kappa shape index (κ2) is 6.09. The molecule has 1 amide bonds. The van der Waals surface area contributed by atoms with E-state index in [4.69, 9.17) is 4.74 Å². The van der Waals surface area contributed by atoms with E-state index < -0.39 is 5.97 Å². The minimum Gasteiger partial charge on any atom is -0.465 e. The Morgan fingerprint density at radius 3 is 2.67 bits per heavy atom. The lowest BCUT2D eigenvalue weighted by molar-refractivity contribution is -0.115. The molecule has 6 nitrogen and oxygen atoms in total. The number of rotatable bonds is 4. The minimum atomic E-state index is -0.445. The molecule has 2 aromatic rings. The summed E-state index contributed by atoms with van der Waals surface area (Å²) in [5, 5.41) is 11.5. The predicted molar refractivity (Wildman–Crippen MR) is 80.8 cm³/mol. The van der Waals surface area contributed by atoms with Gasteiger partial charge in [0.05, 0.1) is 24.9 Å². The number of aromatic nitrogens is 2. The molecule has 112 valence electrons. The van der Waals surface area contributed by atoms with E-state index >= 15 is 0 Å². The van der Waals surface area contributed by atoms with Crippen LogP contribution < -0.4 is 5.32 Å². The van der Waals surface area contributed by atoms with Crippen molar-refractivity contribution < 1.29 is 14.3 Å². The van der Waals surface area contributed by atoms with Crippen LogP contribution in [0.4, 0.5) is 5.69 Å². The SMILES string of the molecule is COC(=O)c1scc(C)c1NC(=O)Cc1c(C)n[nH]c1C. The quantitative estimate of drug-likeness (QED) is 0.849.